The van der Waals surface area contributed by atoms with Crippen LogP contribution < -0.4 is 0 Å². The van der Waals surface area contributed by atoms with E-state index in [4.69, 9.17) is 5.26 Å². The van der Waals surface area contributed by atoms with Gasteiger partial charge in [-0.15, -0.1) is 0 Å². The van der Waals surface area contributed by atoms with E-state index >= 15 is 0 Å². The Labute approximate surface area is 73.6 Å². The van der Waals surface area contributed by atoms with Crippen molar-refractivity contribution in [1.29, 1.82) is 5.26 Å². The Morgan fingerprint density at radius 2 is 2.33 bits per heavy atom. The van der Waals surface area contributed by atoms with Crippen molar-refractivity contribution in [3.63, 3.8) is 0 Å². The molecule has 2 nitrogen and oxygen atoms in total. The number of nitrogens with zero attached hydrogens (tertiary/aromatic N) is 1. The van der Waals surface area contributed by atoms with E-state index in [1.54, 1.807) is 0 Å². The number of carbonyl (C=O) groups is 1. The molecule has 2 heteroatoms. The number of carbonyl (C=O) groups excluding carboxylic acids is 1. The average molecular weight is 165 g/mol. The molecule has 0 amide bonds. The van der Waals surface area contributed by atoms with Crippen LogP contribution in [0.5, 0.6) is 0 Å². The Balaban J connectivity index is 2.42. The number of ketones is 1. The molecule has 0 heterocycles. The van der Waals surface area contributed by atoms with E-state index in [0.717, 1.165) is 25.7 Å². The van der Waals surface area contributed by atoms with Crippen molar-refractivity contribution in [3.05, 3.63) is 0 Å². The molecule has 66 valence electrons. The number of hydrogen-bond acceptors (Lipinski definition) is 2. The van der Waals surface area contributed by atoms with Gasteiger partial charge in [-0.2, -0.15) is 5.26 Å². The predicted molar refractivity (Wildman–Crippen MR) is 46.4 cm³/mol. The van der Waals surface area contributed by atoms with Gasteiger partial charge in [0, 0.05) is 5.92 Å². The summed E-state index contributed by atoms with van der Waals surface area (Å²) in [6.45, 7) is 2.01. The molecule has 0 radical (unpaired) electrons. The van der Waals surface area contributed by atoms with Gasteiger partial charge in [-0.05, 0) is 19.3 Å². The van der Waals surface area contributed by atoms with Crippen LogP contribution >= 0.6 is 0 Å². The van der Waals surface area contributed by atoms with Gasteiger partial charge in [0.2, 0.25) is 0 Å². The van der Waals surface area contributed by atoms with E-state index in [2.05, 4.69) is 6.07 Å². The van der Waals surface area contributed by atoms with Crippen molar-refractivity contribution in [2.24, 2.45) is 11.8 Å². The highest BCUT2D eigenvalue weighted by molar-refractivity contribution is 5.86. The molecule has 0 spiro atoms. The van der Waals surface area contributed by atoms with Crippen molar-refractivity contribution >= 4 is 5.78 Å². The summed E-state index contributed by atoms with van der Waals surface area (Å²) in [5, 5.41) is 8.73. The topological polar surface area (TPSA) is 40.9 Å². The Hall–Kier alpha value is -0.840. The van der Waals surface area contributed by atoms with Gasteiger partial charge in [-0.1, -0.05) is 19.8 Å². The van der Waals surface area contributed by atoms with E-state index in [1.165, 1.54) is 6.42 Å². The van der Waals surface area contributed by atoms with Crippen LogP contribution in [0.1, 0.15) is 39.0 Å². The summed E-state index contributed by atoms with van der Waals surface area (Å²) < 4.78 is 0. The first kappa shape index (κ1) is 9.25. The van der Waals surface area contributed by atoms with E-state index in [1.807, 2.05) is 6.92 Å². The highest BCUT2D eigenvalue weighted by Gasteiger charge is 2.30. The lowest BCUT2D eigenvalue weighted by Gasteiger charge is -2.25. The molecule has 12 heavy (non-hydrogen) atoms. The molecule has 0 saturated heterocycles. The summed E-state index contributed by atoms with van der Waals surface area (Å²) in [4.78, 5) is 11.5. The van der Waals surface area contributed by atoms with Crippen LogP contribution in [0.3, 0.4) is 0 Å². The van der Waals surface area contributed by atoms with E-state index in [-0.39, 0.29) is 17.6 Å². The Morgan fingerprint density at radius 3 is 2.67 bits per heavy atom. The standard InChI is InChI=1S/C10H15NO/c1-2-4-9(7-11)10(12)8-5-3-6-8/h8-9H,2-6H2,1H3. The van der Waals surface area contributed by atoms with Crippen molar-refractivity contribution in [3.8, 4) is 6.07 Å². The molecule has 1 unspecified atom stereocenters. The second-order valence-electron chi connectivity index (χ2n) is 3.50. The van der Waals surface area contributed by atoms with Crippen LogP contribution in [-0.4, -0.2) is 5.78 Å². The van der Waals surface area contributed by atoms with Crippen molar-refractivity contribution in [2.75, 3.05) is 0 Å². The van der Waals surface area contributed by atoms with E-state index in [9.17, 15) is 4.79 Å². The number of Topliss-reactive ketones (excluding diaryl/α,β-unsaturated/α-hetero) is 1. The summed E-state index contributed by atoms with van der Waals surface area (Å²) in [7, 11) is 0. The molecule has 1 aliphatic rings. The number of rotatable bonds is 4. The molecule has 0 aliphatic heterocycles. The molecule has 1 fully saturated rings. The molecule has 0 aromatic heterocycles. The zero-order valence-corrected chi connectivity index (χ0v) is 7.55. The fourth-order valence-electron chi connectivity index (χ4n) is 1.54. The van der Waals surface area contributed by atoms with Crippen molar-refractivity contribution < 1.29 is 4.79 Å². The third-order valence-corrected chi connectivity index (χ3v) is 2.58. The number of nitriles is 1. The fraction of sp³-hybridized carbons (Fsp3) is 0.800. The largest absolute Gasteiger partial charge is 0.298 e. The van der Waals surface area contributed by atoms with Crippen LogP contribution in [0.25, 0.3) is 0 Å². The third kappa shape index (κ3) is 1.85. The normalized spacial score (nSPS) is 19.3. The molecule has 1 saturated carbocycles. The first-order valence-electron chi connectivity index (χ1n) is 4.73. The van der Waals surface area contributed by atoms with Gasteiger partial charge < -0.3 is 0 Å². The van der Waals surface area contributed by atoms with Crippen LogP contribution in [0.2, 0.25) is 0 Å². The van der Waals surface area contributed by atoms with Crippen LogP contribution in [0.4, 0.5) is 0 Å². The smallest absolute Gasteiger partial charge is 0.153 e. The number of hydrogen-bond donors (Lipinski definition) is 0. The quantitative estimate of drug-likeness (QED) is 0.641. The molecule has 0 N–H and O–H groups in total. The maximum absolute atomic E-state index is 11.5. The molecule has 1 atom stereocenters. The van der Waals surface area contributed by atoms with Crippen LogP contribution in [0, 0.1) is 23.2 Å². The molecule has 0 bridgehead atoms. The van der Waals surface area contributed by atoms with Gasteiger partial charge in [-0.3, -0.25) is 4.79 Å². The molecule has 1 rings (SSSR count). The first-order valence-corrected chi connectivity index (χ1v) is 4.73. The van der Waals surface area contributed by atoms with E-state index in [0.29, 0.717) is 0 Å². The fourth-order valence-corrected chi connectivity index (χ4v) is 1.54. The Morgan fingerprint density at radius 1 is 1.67 bits per heavy atom. The summed E-state index contributed by atoms with van der Waals surface area (Å²) in [5.74, 6) is 0.104. The lowest BCUT2D eigenvalue weighted by atomic mass is 9.77. The minimum Gasteiger partial charge on any atom is -0.298 e. The first-order chi connectivity index (χ1) is 5.79. The lowest BCUT2D eigenvalue weighted by Crippen LogP contribution is -2.27. The summed E-state index contributed by atoms with van der Waals surface area (Å²) >= 11 is 0. The van der Waals surface area contributed by atoms with Gasteiger partial charge >= 0.3 is 0 Å². The molecule has 0 aromatic carbocycles. The SMILES string of the molecule is CCCC(C#N)C(=O)C1CCC1. The van der Waals surface area contributed by atoms with Gasteiger partial charge in [0.15, 0.2) is 5.78 Å². The monoisotopic (exact) mass is 165 g/mol. The van der Waals surface area contributed by atoms with Crippen LogP contribution in [-0.2, 0) is 4.79 Å². The van der Waals surface area contributed by atoms with Crippen LogP contribution in [0.15, 0.2) is 0 Å². The maximum atomic E-state index is 11.5. The average Bonchev–Trinajstić information content (AvgIpc) is 1.96. The summed E-state index contributed by atoms with van der Waals surface area (Å²) in [6.07, 6.45) is 4.87. The Bertz CT molecular complexity index is 200. The molecular formula is C10H15NO. The van der Waals surface area contributed by atoms with Gasteiger partial charge in [0.1, 0.15) is 5.92 Å². The third-order valence-electron chi connectivity index (χ3n) is 2.58. The van der Waals surface area contributed by atoms with Crippen molar-refractivity contribution in [1.82, 2.24) is 0 Å². The molecule has 0 aromatic rings. The van der Waals surface area contributed by atoms with Gasteiger partial charge in [0.25, 0.3) is 0 Å². The second kappa shape index (κ2) is 4.25. The predicted octanol–water partition coefficient (Wildman–Crippen LogP) is 2.30. The van der Waals surface area contributed by atoms with Gasteiger partial charge in [-0.25, -0.2) is 0 Å². The summed E-state index contributed by atoms with van der Waals surface area (Å²) in [5.41, 5.74) is 0. The maximum Gasteiger partial charge on any atom is 0.153 e. The van der Waals surface area contributed by atoms with Gasteiger partial charge in [0.05, 0.1) is 6.07 Å². The zero-order chi connectivity index (χ0) is 8.97. The second-order valence-corrected chi connectivity index (χ2v) is 3.50. The van der Waals surface area contributed by atoms with Crippen molar-refractivity contribution in [2.45, 2.75) is 39.0 Å². The van der Waals surface area contributed by atoms with E-state index < -0.39 is 0 Å². The minimum absolute atomic E-state index is 0.200. The zero-order valence-electron chi connectivity index (χ0n) is 7.55. The highest BCUT2D eigenvalue weighted by atomic mass is 16.1. The lowest BCUT2D eigenvalue weighted by molar-refractivity contribution is -0.127. The molecular weight excluding hydrogens is 150 g/mol. The summed E-state index contributed by atoms with van der Waals surface area (Å²) in [6, 6.07) is 2.10. The highest BCUT2D eigenvalue weighted by Crippen LogP contribution is 2.30. The molecule has 1 aliphatic carbocycles. The Kier molecular flexibility index (Phi) is 3.28. The minimum atomic E-state index is -0.319.